The van der Waals surface area contributed by atoms with E-state index in [-0.39, 0.29) is 23.3 Å². The predicted molar refractivity (Wildman–Crippen MR) is 170 cm³/mol. The maximum atomic E-state index is 14.1. The van der Waals surface area contributed by atoms with Crippen molar-refractivity contribution in [2.75, 3.05) is 12.9 Å². The smallest absolute Gasteiger partial charge is 0.338 e. The molecule has 1 aliphatic rings. The number of carboxylic acid groups (broad SMARTS) is 1. The second-order valence-corrected chi connectivity index (χ2v) is 11.7. The topological polar surface area (TPSA) is 111 Å². The molecule has 1 unspecified atom stereocenters. The lowest BCUT2D eigenvalue weighted by molar-refractivity contribution is -0.138. The number of esters is 1. The fraction of sp³-hybridized carbons (Fsp3) is 0.118. The van der Waals surface area contributed by atoms with Crippen LogP contribution in [0.4, 0.5) is 0 Å². The monoisotopic (exact) mass is 622 g/mol. The lowest BCUT2D eigenvalue weighted by atomic mass is 9.93. The number of thioether (sulfide) groups is 1. The number of hydrogen-bond acceptors (Lipinski definition) is 8. The second kappa shape index (κ2) is 12.4. The van der Waals surface area contributed by atoms with Gasteiger partial charge in [0.2, 0.25) is 0 Å². The van der Waals surface area contributed by atoms with Gasteiger partial charge < -0.3 is 14.3 Å². The van der Waals surface area contributed by atoms with Crippen LogP contribution in [0.2, 0.25) is 0 Å². The molecule has 0 saturated heterocycles. The number of benzene rings is 3. The van der Waals surface area contributed by atoms with E-state index in [1.165, 1.54) is 23.5 Å². The van der Waals surface area contributed by atoms with Crippen LogP contribution in [0.25, 0.3) is 23.1 Å². The highest BCUT2D eigenvalue weighted by Gasteiger charge is 2.35. The summed E-state index contributed by atoms with van der Waals surface area (Å²) in [5.41, 5.74) is 2.64. The molecule has 0 fully saturated rings. The summed E-state index contributed by atoms with van der Waals surface area (Å²) in [6.45, 7) is 1.91. The number of carboxylic acids is 1. The summed E-state index contributed by atoms with van der Waals surface area (Å²) >= 11 is 2.80. The van der Waals surface area contributed by atoms with Crippen LogP contribution in [0.1, 0.15) is 40.2 Å². The number of nitrogens with zero attached hydrogens (tertiary/aromatic N) is 2. The van der Waals surface area contributed by atoms with Gasteiger partial charge in [-0.3, -0.25) is 9.36 Å². The van der Waals surface area contributed by atoms with Gasteiger partial charge in [-0.1, -0.05) is 65.9 Å². The maximum absolute atomic E-state index is 14.1. The number of fused-ring (bicyclic) bond motifs is 1. The normalized spacial score (nSPS) is 14.7. The number of aromatic nitrogens is 1. The molecule has 8 nitrogen and oxygen atoms in total. The van der Waals surface area contributed by atoms with Crippen molar-refractivity contribution in [3.05, 3.63) is 139 Å². The molecule has 1 aliphatic heterocycles. The quantitative estimate of drug-likeness (QED) is 0.177. The summed E-state index contributed by atoms with van der Waals surface area (Å²) in [6.07, 6.45) is 3.62. The Kier molecular flexibility index (Phi) is 8.19. The molecule has 3 aromatic carbocycles. The van der Waals surface area contributed by atoms with E-state index in [4.69, 9.17) is 14.1 Å². The van der Waals surface area contributed by atoms with Gasteiger partial charge >= 0.3 is 11.9 Å². The Morgan fingerprint density at radius 3 is 2.48 bits per heavy atom. The zero-order valence-corrected chi connectivity index (χ0v) is 25.4. The fourth-order valence-electron chi connectivity index (χ4n) is 5.06. The Labute approximate surface area is 260 Å². The molecule has 44 heavy (non-hydrogen) atoms. The zero-order chi connectivity index (χ0) is 30.8. The average Bonchev–Trinajstić information content (AvgIpc) is 3.65. The van der Waals surface area contributed by atoms with Crippen LogP contribution in [0.3, 0.4) is 0 Å². The van der Waals surface area contributed by atoms with Gasteiger partial charge in [-0.05, 0) is 55.1 Å². The van der Waals surface area contributed by atoms with E-state index in [0.29, 0.717) is 32.1 Å². The van der Waals surface area contributed by atoms with E-state index in [1.54, 1.807) is 53.6 Å². The first kappa shape index (κ1) is 29.2. The van der Waals surface area contributed by atoms with Crippen molar-refractivity contribution in [3.63, 3.8) is 0 Å². The number of carbonyl (C=O) groups is 2. The zero-order valence-electron chi connectivity index (χ0n) is 23.7. The Balaban J connectivity index is 1.53. The molecule has 2 aromatic heterocycles. The molecule has 1 N–H and O–H groups in total. The van der Waals surface area contributed by atoms with Crippen LogP contribution in [0.15, 0.2) is 116 Å². The summed E-state index contributed by atoms with van der Waals surface area (Å²) in [5, 5.41) is 9.36. The number of rotatable bonds is 8. The van der Waals surface area contributed by atoms with E-state index in [0.717, 1.165) is 16.0 Å². The van der Waals surface area contributed by atoms with Crippen molar-refractivity contribution < 1.29 is 23.8 Å². The van der Waals surface area contributed by atoms with Gasteiger partial charge in [0.1, 0.15) is 11.5 Å². The van der Waals surface area contributed by atoms with Crippen LogP contribution in [0.5, 0.6) is 0 Å². The van der Waals surface area contributed by atoms with Gasteiger partial charge in [-0.15, -0.1) is 11.8 Å². The minimum Gasteiger partial charge on any atom is -0.478 e. The lowest BCUT2D eigenvalue weighted by Crippen LogP contribution is -2.40. The van der Waals surface area contributed by atoms with Crippen LogP contribution < -0.4 is 14.9 Å². The van der Waals surface area contributed by atoms with E-state index in [9.17, 15) is 19.5 Å². The number of hydrogen-bond donors (Lipinski definition) is 1. The third kappa shape index (κ3) is 5.57. The van der Waals surface area contributed by atoms with Crippen LogP contribution in [0, 0.1) is 0 Å². The highest BCUT2D eigenvalue weighted by Crippen LogP contribution is 2.35. The van der Waals surface area contributed by atoms with Crippen molar-refractivity contribution in [2.24, 2.45) is 4.99 Å². The molecule has 0 saturated carbocycles. The number of thiazole rings is 1. The minimum atomic E-state index is -1.03. The molecule has 1 atom stereocenters. The Hall–Kier alpha value is -4.93. The summed E-state index contributed by atoms with van der Waals surface area (Å²) < 4.78 is 13.4. The van der Waals surface area contributed by atoms with Crippen LogP contribution >= 0.6 is 23.1 Å². The van der Waals surface area contributed by atoms with E-state index < -0.39 is 18.0 Å². The highest BCUT2D eigenvalue weighted by atomic mass is 32.2. The summed E-state index contributed by atoms with van der Waals surface area (Å²) in [4.78, 5) is 45.5. The molecular weight excluding hydrogens is 597 g/mol. The first-order chi connectivity index (χ1) is 21.4. The van der Waals surface area contributed by atoms with Gasteiger partial charge in [-0.2, -0.15) is 0 Å². The van der Waals surface area contributed by atoms with Gasteiger partial charge in [0.25, 0.3) is 5.56 Å². The average molecular weight is 623 g/mol. The summed E-state index contributed by atoms with van der Waals surface area (Å²) in [5.74, 6) is -0.688. The van der Waals surface area contributed by atoms with E-state index in [1.807, 2.05) is 60.9 Å². The molecule has 10 heteroatoms. The first-order valence-corrected chi connectivity index (χ1v) is 15.8. The van der Waals surface area contributed by atoms with Crippen molar-refractivity contribution in [1.82, 2.24) is 4.57 Å². The lowest BCUT2D eigenvalue weighted by Gasteiger charge is -2.26. The largest absolute Gasteiger partial charge is 0.478 e. The molecule has 6 rings (SSSR count). The molecule has 0 radical (unpaired) electrons. The first-order valence-electron chi connectivity index (χ1n) is 13.7. The SMILES string of the molecule is CCOC(=O)C1=C(c2ccccc2)N=c2s/c(=C\c3ccc(-c4cccc(C(=O)O)c4)o3)c(=O)n2C1c1ccc(SC)cc1. The Morgan fingerprint density at radius 1 is 1.02 bits per heavy atom. The van der Waals surface area contributed by atoms with Crippen molar-refractivity contribution >= 4 is 46.8 Å². The molecular formula is C34H26N2O6S2. The van der Waals surface area contributed by atoms with Crippen molar-refractivity contribution in [1.29, 1.82) is 0 Å². The maximum Gasteiger partial charge on any atom is 0.338 e. The Morgan fingerprint density at radius 2 is 1.77 bits per heavy atom. The standard InChI is InChI=1S/C34H26N2O6S2/c1-3-41-33(40)28-29(20-8-5-4-6-9-20)35-34-36(30(28)21-12-15-25(43-2)16-13-21)31(37)27(44-34)19-24-14-17-26(42-24)22-10-7-11-23(18-22)32(38)39/h4-19,30H,3H2,1-2H3,(H,38,39)/b27-19-. The summed E-state index contributed by atoms with van der Waals surface area (Å²) in [6, 6.07) is 26.3. The molecule has 0 aliphatic carbocycles. The third-order valence-corrected chi connectivity index (χ3v) is 8.83. The number of aromatic carboxylic acids is 1. The van der Waals surface area contributed by atoms with Gasteiger partial charge in [-0.25, -0.2) is 14.6 Å². The third-order valence-electron chi connectivity index (χ3n) is 7.10. The van der Waals surface area contributed by atoms with Gasteiger partial charge in [0.15, 0.2) is 4.80 Å². The number of ether oxygens (including phenoxy) is 1. The molecule has 5 aromatic rings. The van der Waals surface area contributed by atoms with Crippen molar-refractivity contribution in [2.45, 2.75) is 17.9 Å². The molecule has 0 spiro atoms. The van der Waals surface area contributed by atoms with Crippen molar-refractivity contribution in [3.8, 4) is 11.3 Å². The number of carbonyl (C=O) groups excluding carboxylic acids is 1. The minimum absolute atomic E-state index is 0.144. The molecule has 0 amide bonds. The Bertz CT molecular complexity index is 2090. The predicted octanol–water partition coefficient (Wildman–Crippen LogP) is 5.62. The molecule has 3 heterocycles. The van der Waals surface area contributed by atoms with E-state index >= 15 is 0 Å². The summed E-state index contributed by atoms with van der Waals surface area (Å²) in [7, 11) is 0. The van der Waals surface area contributed by atoms with Crippen LogP contribution in [-0.2, 0) is 9.53 Å². The van der Waals surface area contributed by atoms with Crippen LogP contribution in [-0.4, -0.2) is 34.5 Å². The fourth-order valence-corrected chi connectivity index (χ4v) is 6.45. The molecule has 0 bridgehead atoms. The van der Waals surface area contributed by atoms with Gasteiger partial charge in [0, 0.05) is 22.1 Å². The van der Waals surface area contributed by atoms with E-state index in [2.05, 4.69) is 0 Å². The molecule has 220 valence electrons. The number of furan rings is 1. The highest BCUT2D eigenvalue weighted by molar-refractivity contribution is 7.98. The van der Waals surface area contributed by atoms with Gasteiger partial charge in [0.05, 0.1) is 34.0 Å². The second-order valence-electron chi connectivity index (χ2n) is 9.79.